The molecule has 2 atom stereocenters. The van der Waals surface area contributed by atoms with Gasteiger partial charge in [0.15, 0.2) is 5.76 Å². The Bertz CT molecular complexity index is 1150. The van der Waals surface area contributed by atoms with E-state index in [1.807, 2.05) is 32.0 Å². The van der Waals surface area contributed by atoms with E-state index < -0.39 is 17.9 Å². The third-order valence-corrected chi connectivity index (χ3v) is 6.78. The zero-order valence-electron chi connectivity index (χ0n) is 24.9. The second kappa shape index (κ2) is 18.5. The van der Waals surface area contributed by atoms with Crippen molar-refractivity contribution in [1.82, 2.24) is 21.0 Å². The number of carbonyl (C=O) groups excluding carboxylic acids is 4. The number of hydroxylamine groups is 2. The van der Waals surface area contributed by atoms with Crippen molar-refractivity contribution >= 4 is 24.2 Å². The first-order valence-electron chi connectivity index (χ1n) is 14.4. The number of ether oxygens (including phenoxy) is 2. The monoisotopic (exact) mass is 588 g/mol. The van der Waals surface area contributed by atoms with Crippen molar-refractivity contribution in [3.8, 4) is 17.1 Å². The number of hydrogen-bond acceptors (Lipinski definition) is 9. The minimum atomic E-state index is -0.663. The summed E-state index contributed by atoms with van der Waals surface area (Å²) in [5.41, 5.74) is 1.67. The van der Waals surface area contributed by atoms with Gasteiger partial charge in [-0.3, -0.25) is 24.4 Å². The maximum atomic E-state index is 12.9. The first-order valence-corrected chi connectivity index (χ1v) is 14.4. The van der Waals surface area contributed by atoms with Crippen LogP contribution in [-0.2, 0) is 25.5 Å². The predicted molar refractivity (Wildman–Crippen MR) is 156 cm³/mol. The summed E-state index contributed by atoms with van der Waals surface area (Å²) in [6.07, 6.45) is 4.49. The van der Waals surface area contributed by atoms with E-state index in [-0.39, 0.29) is 30.9 Å². The number of unbranched alkanes of at least 4 members (excludes halogenated alkanes) is 2. The Labute approximate surface area is 247 Å². The minimum Gasteiger partial charge on any atom is -0.494 e. The molecule has 2 aromatic rings. The summed E-state index contributed by atoms with van der Waals surface area (Å²) >= 11 is 0. The van der Waals surface area contributed by atoms with Crippen molar-refractivity contribution in [2.75, 3.05) is 33.5 Å². The molecule has 0 bridgehead atoms. The van der Waals surface area contributed by atoms with Gasteiger partial charge >= 0.3 is 5.97 Å². The largest absolute Gasteiger partial charge is 0.494 e. The lowest BCUT2D eigenvalue weighted by atomic mass is 9.90. The lowest BCUT2D eigenvalue weighted by Crippen LogP contribution is -2.47. The summed E-state index contributed by atoms with van der Waals surface area (Å²) in [7, 11) is 1.34. The van der Waals surface area contributed by atoms with Gasteiger partial charge in [0.25, 0.3) is 5.91 Å². The van der Waals surface area contributed by atoms with Crippen LogP contribution in [0.4, 0.5) is 0 Å². The Morgan fingerprint density at radius 1 is 1.10 bits per heavy atom. The molecule has 1 heterocycles. The van der Waals surface area contributed by atoms with Gasteiger partial charge in [0, 0.05) is 5.56 Å². The quantitative estimate of drug-likeness (QED) is 0.0455. The second-order valence-electron chi connectivity index (χ2n) is 9.75. The van der Waals surface area contributed by atoms with Crippen molar-refractivity contribution in [3.63, 3.8) is 0 Å². The number of nitrogens with zero attached hydrogens (tertiary/aromatic N) is 1. The first-order chi connectivity index (χ1) is 20.3. The third kappa shape index (κ3) is 10.8. The highest BCUT2D eigenvalue weighted by atomic mass is 16.5. The van der Waals surface area contributed by atoms with Crippen LogP contribution in [0.15, 0.2) is 34.7 Å². The van der Waals surface area contributed by atoms with E-state index in [0.29, 0.717) is 55.4 Å². The Morgan fingerprint density at radius 3 is 2.55 bits per heavy atom. The Morgan fingerprint density at radius 2 is 1.88 bits per heavy atom. The zero-order valence-corrected chi connectivity index (χ0v) is 24.9. The average molecular weight is 589 g/mol. The number of esters is 1. The molecule has 0 aliphatic carbocycles. The number of rotatable bonds is 20. The fraction of sp³-hybridized carbons (Fsp3) is 0.533. The molecule has 0 saturated carbocycles. The maximum Gasteiger partial charge on any atom is 0.319 e. The number of carbonyl (C=O) groups is 4. The molecule has 2 rings (SSSR count). The summed E-state index contributed by atoms with van der Waals surface area (Å²) in [6, 6.07) is 8.23. The van der Waals surface area contributed by atoms with Crippen LogP contribution < -0.4 is 20.7 Å². The van der Waals surface area contributed by atoms with Crippen molar-refractivity contribution in [3.05, 3.63) is 41.7 Å². The van der Waals surface area contributed by atoms with Crippen molar-refractivity contribution in [1.29, 1.82) is 0 Å². The van der Waals surface area contributed by atoms with Crippen molar-refractivity contribution in [2.24, 2.45) is 5.92 Å². The molecule has 232 valence electrons. The van der Waals surface area contributed by atoms with E-state index in [2.05, 4.69) is 20.7 Å². The topological polar surface area (TPSA) is 159 Å². The van der Waals surface area contributed by atoms with E-state index in [0.717, 1.165) is 30.4 Å². The molecule has 4 N–H and O–H groups in total. The number of nitrogens with one attached hydrogen (secondary N) is 3. The second-order valence-corrected chi connectivity index (χ2v) is 9.75. The van der Waals surface area contributed by atoms with Crippen LogP contribution in [-0.4, -0.2) is 74.0 Å². The first kappa shape index (κ1) is 34.3. The summed E-state index contributed by atoms with van der Waals surface area (Å²) in [4.78, 5) is 48.2. The lowest BCUT2D eigenvalue weighted by molar-refractivity contribution is -0.168. The normalized spacial score (nSPS) is 12.2. The number of benzene rings is 1. The van der Waals surface area contributed by atoms with Crippen molar-refractivity contribution < 1.29 is 38.3 Å². The maximum absolute atomic E-state index is 12.9. The number of methoxy groups -OCH3 is 1. The molecule has 0 aliphatic heterocycles. The van der Waals surface area contributed by atoms with Gasteiger partial charge in [0.2, 0.25) is 12.3 Å². The van der Waals surface area contributed by atoms with E-state index in [1.165, 1.54) is 7.11 Å². The molecule has 0 aliphatic rings. The highest BCUT2D eigenvalue weighted by molar-refractivity contribution is 5.92. The number of amides is 3. The molecule has 12 nitrogen and oxygen atoms in total. The molecular weight excluding hydrogens is 544 g/mol. The molecule has 0 unspecified atom stereocenters. The molecule has 3 amide bonds. The zero-order chi connectivity index (χ0) is 30.9. The lowest BCUT2D eigenvalue weighted by Gasteiger charge is -2.29. The minimum absolute atomic E-state index is 0.0655. The van der Waals surface area contributed by atoms with Gasteiger partial charge in [-0.25, -0.2) is 5.06 Å². The third-order valence-electron chi connectivity index (χ3n) is 6.78. The van der Waals surface area contributed by atoms with Gasteiger partial charge in [-0.05, 0) is 68.6 Å². The average Bonchev–Trinajstić information content (AvgIpc) is 3.49. The molecule has 0 spiro atoms. The highest BCUT2D eigenvalue weighted by Crippen LogP contribution is 2.28. The van der Waals surface area contributed by atoms with E-state index in [9.17, 15) is 24.4 Å². The van der Waals surface area contributed by atoms with Crippen LogP contribution in [0.2, 0.25) is 0 Å². The Hall–Kier alpha value is -3.90. The number of hydrogen-bond donors (Lipinski definition) is 4. The Balaban J connectivity index is 2.04. The Kier molecular flexibility index (Phi) is 15.1. The van der Waals surface area contributed by atoms with E-state index >= 15 is 0 Å². The smallest absolute Gasteiger partial charge is 0.319 e. The molecular formula is C30H44N4O8. The fourth-order valence-electron chi connectivity index (χ4n) is 4.58. The van der Waals surface area contributed by atoms with Gasteiger partial charge in [-0.1, -0.05) is 33.1 Å². The van der Waals surface area contributed by atoms with Gasteiger partial charge < -0.3 is 29.8 Å². The van der Waals surface area contributed by atoms with Gasteiger partial charge in [-0.2, -0.15) is 0 Å². The molecule has 0 radical (unpaired) electrons. The number of furan rings is 1. The molecule has 42 heavy (non-hydrogen) atoms. The summed E-state index contributed by atoms with van der Waals surface area (Å²) < 4.78 is 16.2. The summed E-state index contributed by atoms with van der Waals surface area (Å²) in [5, 5.41) is 18.9. The standard InChI is InChI=1S/C30H44N4O8/c1-5-8-9-10-24(25(6-2)34(39)20-35)29(37)32-19-33-30(38)27-12-11-26(42-27)22-15-21(16-23(17-22)41-7-3)13-14-31-18-28(36)40-4/h11-12,15-17,20,24-25,31,39H,5-10,13-14,18-19H2,1-4H3,(H,32,37)(H,33,38)/t24-,25-/m1/s1. The predicted octanol–water partition coefficient (Wildman–Crippen LogP) is 3.28. The van der Waals surface area contributed by atoms with Crippen LogP contribution in [0.5, 0.6) is 5.75 Å². The molecule has 0 fully saturated rings. The molecule has 0 saturated heterocycles. The van der Waals surface area contributed by atoms with E-state index in [4.69, 9.17) is 9.15 Å². The molecule has 1 aromatic carbocycles. The van der Waals surface area contributed by atoms with Gasteiger partial charge in [0.1, 0.15) is 11.5 Å². The van der Waals surface area contributed by atoms with Crippen molar-refractivity contribution in [2.45, 2.75) is 65.3 Å². The van der Waals surface area contributed by atoms with Gasteiger partial charge in [-0.15, -0.1) is 0 Å². The van der Waals surface area contributed by atoms with Crippen LogP contribution in [0.3, 0.4) is 0 Å². The highest BCUT2D eigenvalue weighted by Gasteiger charge is 2.30. The van der Waals surface area contributed by atoms with Crippen LogP contribution in [0, 0.1) is 5.92 Å². The van der Waals surface area contributed by atoms with Crippen LogP contribution in [0.25, 0.3) is 11.3 Å². The summed E-state index contributed by atoms with van der Waals surface area (Å²) in [6.45, 7) is 6.72. The SMILES string of the molecule is CCCCC[C@@H](C(=O)NCNC(=O)c1ccc(-c2cc(CCNCC(=O)OC)cc(OCC)c2)o1)[C@@H](CC)N(O)C=O. The fourth-order valence-corrected chi connectivity index (χ4v) is 4.58. The molecule has 12 heteroatoms. The van der Waals surface area contributed by atoms with E-state index in [1.54, 1.807) is 19.1 Å². The van der Waals surface area contributed by atoms with Crippen LogP contribution >= 0.6 is 0 Å². The van der Waals surface area contributed by atoms with Gasteiger partial charge in [0.05, 0.1) is 38.9 Å². The van der Waals surface area contributed by atoms with Crippen LogP contribution in [0.1, 0.15) is 69.0 Å². The summed E-state index contributed by atoms with van der Waals surface area (Å²) in [5.74, 6) is -0.652. The molecule has 1 aromatic heterocycles.